The minimum atomic E-state index is -0.500. The summed E-state index contributed by atoms with van der Waals surface area (Å²) >= 11 is 0. The van der Waals surface area contributed by atoms with Gasteiger partial charge >= 0.3 is 17.9 Å². The lowest BCUT2D eigenvalue weighted by molar-refractivity contribution is -0.173. The molecule has 0 atom stereocenters. The number of fused-ring (bicyclic) bond motifs is 12. The van der Waals surface area contributed by atoms with Crippen LogP contribution in [0, 0.1) is 11.3 Å². The lowest BCUT2D eigenvalue weighted by Crippen LogP contribution is -2.45. The highest BCUT2D eigenvalue weighted by Gasteiger charge is 2.40. The molecule has 0 amide bonds. The van der Waals surface area contributed by atoms with Crippen molar-refractivity contribution in [1.82, 2.24) is 9.15 Å². The van der Waals surface area contributed by atoms with Crippen LogP contribution in [0.4, 0.5) is 22.7 Å². The predicted molar refractivity (Wildman–Crippen MR) is 562 cm³/mol. The van der Waals surface area contributed by atoms with Crippen LogP contribution in [0.3, 0.4) is 0 Å². The fourth-order valence-electron chi connectivity index (χ4n) is 23.6. The van der Waals surface area contributed by atoms with Crippen molar-refractivity contribution in [2.75, 3.05) is 93.8 Å². The van der Waals surface area contributed by atoms with Gasteiger partial charge in [0.25, 0.3) is 0 Å². The number of esters is 3. The van der Waals surface area contributed by atoms with E-state index in [4.69, 9.17) is 64.3 Å². The molecule has 2 aliphatic carbocycles. The van der Waals surface area contributed by atoms with Gasteiger partial charge in [-0.2, -0.15) is 5.26 Å². The lowest BCUT2D eigenvalue weighted by Gasteiger charge is -2.39. The largest absolute Gasteiger partial charge is 0.463 e. The van der Waals surface area contributed by atoms with Gasteiger partial charge in [-0.15, -0.1) is 0 Å². The normalized spacial score (nSPS) is 15.0. The van der Waals surface area contributed by atoms with Crippen molar-refractivity contribution in [2.45, 2.75) is 213 Å². The van der Waals surface area contributed by atoms with E-state index >= 15 is 0 Å². The molecule has 9 aromatic carbocycles. The smallest absolute Gasteiger partial charge is 0.341 e. The lowest BCUT2D eigenvalue weighted by atomic mass is 9.82. The summed E-state index contributed by atoms with van der Waals surface area (Å²) in [4.78, 5) is 44.7. The Bertz CT molecular complexity index is 7590. The van der Waals surface area contributed by atoms with Gasteiger partial charge in [0.1, 0.15) is 77.9 Å². The van der Waals surface area contributed by atoms with Gasteiger partial charge in [0, 0.05) is 181 Å². The number of carbonyl (C=O) groups is 3. The number of unbranched alkanes of at least 4 members (excludes halogenated alkanes) is 13. The number of nitrogens with zero attached hydrogens (tertiary/aromatic N) is 5. The Morgan fingerprint density at radius 1 is 0.406 bits per heavy atom. The first-order valence-corrected chi connectivity index (χ1v) is 52.2. The highest BCUT2D eigenvalue weighted by Crippen LogP contribution is 2.52. The number of ether oxygens (including phenoxy) is 7. The zero-order chi connectivity index (χ0) is 98.3. The minimum Gasteiger partial charge on any atom is -0.463 e. The van der Waals surface area contributed by atoms with E-state index in [9.17, 15) is 19.6 Å². The monoisotopic (exact) mass is 1910 g/mol. The zero-order valence-corrected chi connectivity index (χ0v) is 83.0. The van der Waals surface area contributed by atoms with E-state index < -0.39 is 11.9 Å². The van der Waals surface area contributed by atoms with Gasteiger partial charge in [-0.05, 0) is 204 Å². The summed E-state index contributed by atoms with van der Waals surface area (Å²) in [6.45, 7) is 22.2. The Kier molecular flexibility index (Phi) is 28.9. The number of carbonyl (C=O) groups excluding carboxylic acids is 3. The molecule has 732 valence electrons. The first-order chi connectivity index (χ1) is 69.9. The second-order valence-corrected chi connectivity index (χ2v) is 39.9. The average Bonchev–Trinajstić information content (AvgIpc) is 0.717. The van der Waals surface area contributed by atoms with Crippen LogP contribution < -0.4 is 82.6 Å². The van der Waals surface area contributed by atoms with Crippen molar-refractivity contribution in [3.63, 3.8) is 0 Å². The number of benzene rings is 11. The molecule has 0 bridgehead atoms. The maximum absolute atomic E-state index is 13.5. The van der Waals surface area contributed by atoms with Crippen LogP contribution in [-0.2, 0) is 75.1 Å². The molecule has 0 spiro atoms. The van der Waals surface area contributed by atoms with Gasteiger partial charge in [-0.1, -0.05) is 158 Å². The van der Waals surface area contributed by atoms with E-state index in [1.807, 2.05) is 91.0 Å². The van der Waals surface area contributed by atoms with E-state index in [0.29, 0.717) is 85.2 Å². The quantitative estimate of drug-likeness (QED) is 0.00544. The second kappa shape index (κ2) is 43.1. The number of allylic oxidation sites excluding steroid dienone is 2. The van der Waals surface area contributed by atoms with Crippen molar-refractivity contribution >= 4 is 73.7 Å². The molecule has 12 heterocycles. The van der Waals surface area contributed by atoms with Crippen molar-refractivity contribution in [2.24, 2.45) is 0 Å². The molecule has 8 N–H and O–H groups in total. The van der Waals surface area contributed by atoms with Gasteiger partial charge in [0.05, 0.1) is 63.6 Å². The molecule has 0 aromatic heterocycles. The van der Waals surface area contributed by atoms with Crippen molar-refractivity contribution in [1.29, 1.82) is 5.26 Å². The number of anilines is 4. The van der Waals surface area contributed by atoms with Gasteiger partial charge in [0.15, 0.2) is 10.7 Å². The van der Waals surface area contributed by atoms with Gasteiger partial charge in [0.2, 0.25) is 24.3 Å². The molecule has 0 fully saturated rings. The van der Waals surface area contributed by atoms with Crippen molar-refractivity contribution < 1.29 is 67.2 Å². The Hall–Kier alpha value is -14.5. The topological polar surface area (TPSA) is 282 Å². The van der Waals surface area contributed by atoms with Crippen LogP contribution in [0.5, 0.6) is 23.0 Å². The molecule has 0 unspecified atom stereocenters. The van der Waals surface area contributed by atoms with Crippen LogP contribution in [0.15, 0.2) is 203 Å². The van der Waals surface area contributed by atoms with E-state index in [0.717, 1.165) is 242 Å². The number of aryl methyl sites for hydroxylation is 4. The number of nitrogens with two attached hydrogens (primary N) is 4. The van der Waals surface area contributed by atoms with Crippen molar-refractivity contribution in [3.8, 4) is 74.0 Å². The molecule has 12 aliphatic heterocycles. The molecule has 21 nitrogen and oxygen atoms in total. The molecule has 0 saturated heterocycles. The van der Waals surface area contributed by atoms with Crippen molar-refractivity contribution in [3.05, 3.63) is 304 Å². The maximum atomic E-state index is 13.5. The summed E-state index contributed by atoms with van der Waals surface area (Å²) in [5.74, 6) is 4.95. The highest BCUT2D eigenvalue weighted by atomic mass is 16.7. The summed E-state index contributed by atoms with van der Waals surface area (Å²) in [6, 6.07) is 56.7. The number of rotatable bonds is 27. The first-order valence-electron chi connectivity index (χ1n) is 52.2. The van der Waals surface area contributed by atoms with E-state index in [2.05, 4.69) is 75.4 Å². The van der Waals surface area contributed by atoms with E-state index in [-0.39, 0.29) is 19.6 Å². The molecule has 23 rings (SSSR count). The number of nitrogen functional groups attached to an aromatic ring is 2. The average molecular weight is 1920 g/mol. The summed E-state index contributed by atoms with van der Waals surface area (Å²) in [7, 11) is 0. The van der Waals surface area contributed by atoms with Crippen LogP contribution >= 0.6 is 0 Å². The number of hydrogen-bond acceptors (Lipinski definition) is 17. The molecular weight excluding hydrogens is 1780 g/mol. The van der Waals surface area contributed by atoms with Crippen LogP contribution in [0.25, 0.3) is 78.0 Å². The summed E-state index contributed by atoms with van der Waals surface area (Å²) < 4.78 is 58.5. The fourth-order valence-corrected chi connectivity index (χ4v) is 23.6. The minimum absolute atomic E-state index is 0.158. The number of nitriles is 1. The van der Waals surface area contributed by atoms with Gasteiger partial charge in [-0.3, -0.25) is 10.8 Å². The molecule has 0 radical (unpaired) electrons. The second-order valence-electron chi connectivity index (χ2n) is 39.9. The third-order valence-corrected chi connectivity index (χ3v) is 30.0. The molecule has 0 saturated carbocycles. The predicted octanol–water partition coefficient (Wildman–Crippen LogP) is 18.6. The summed E-state index contributed by atoms with van der Waals surface area (Å²) in [5.41, 5.74) is 39.6. The van der Waals surface area contributed by atoms with E-state index in [1.165, 1.54) is 169 Å². The van der Waals surface area contributed by atoms with E-state index in [1.54, 1.807) is 62.4 Å². The van der Waals surface area contributed by atoms with Crippen LogP contribution in [-0.4, -0.2) is 90.5 Å². The molecular formula is C122H131N9O12+4. The Morgan fingerprint density at radius 3 is 1.28 bits per heavy atom. The highest BCUT2D eigenvalue weighted by molar-refractivity contribution is 6.10. The Morgan fingerprint density at radius 2 is 0.804 bits per heavy atom. The fraction of sp³-hybridized carbons (Fsp3) is 0.361. The summed E-state index contributed by atoms with van der Waals surface area (Å²) in [5, 5.41) is 30.1. The maximum Gasteiger partial charge on any atom is 0.341 e. The number of hydrogen-bond donors (Lipinski definition) is 4. The van der Waals surface area contributed by atoms with Gasteiger partial charge < -0.3 is 63.3 Å². The van der Waals surface area contributed by atoms with Crippen LogP contribution in [0.2, 0.25) is 0 Å². The molecule has 14 aliphatic rings. The summed E-state index contributed by atoms with van der Waals surface area (Å²) in [6.07, 6.45) is 36.0. The third-order valence-electron chi connectivity index (χ3n) is 30.0. The molecule has 21 heteroatoms. The van der Waals surface area contributed by atoms with Crippen LogP contribution in [0.1, 0.15) is 254 Å². The zero-order valence-electron chi connectivity index (χ0n) is 83.0. The first kappa shape index (κ1) is 96.0. The Balaban J connectivity index is 0.000000118. The standard InChI is InChI=1S/C36H37N2O4.C36H46N2O3.C26H26N3O.C24H20N2O4/c1-22(2)40-21-41-36(39)26-12-4-3-11-25(26)31-29-19-23-9-5-15-37-17-7-13-27(32(23)37)34(29)42-35-28-14-8-18-38-16-6-10-24(33(28)38)20-30(31)35;1-2-3-4-5-6-7-8-9-10-11-12-13-14-17-24-40-36(39)30-19-16-15-18-29(30)35-31-22-20-27(37)25-33(31)41-34-26-28(38)21-23-32(34)35;27-15-22-20-13-16-5-1-9-28-11-3-7-18(23(16)28)25(20)30-26-19-8-4-12-29-10-2-6-17(24(19)29)14-21(22)26;1-14(2)28-13-29-24(27)18-6-4-3-5-17(18)23-19-9-7-15(25)11-21(19)30-22-12-16(26)8-10-20(22)23/h3-4,11-12,19-20H,1,5-10,13-18,21H2,2H3;15-16,18-23,25-26,37H,2-14,17,24,38H2,1H3;13-14H,1-12H2;3-12,25H,1,13,26H2,2H3/q+1;;+1;/p+2. The van der Waals surface area contributed by atoms with Gasteiger partial charge in [-0.25, -0.2) is 23.5 Å². The SMILES string of the molecule is C=C(C)OCOC(=O)c1ccccc1-c1c2ccc(=[NH2+])cc-2oc2cc(N)ccc12.C=C(C)OCOC(=O)c1ccccc1C1=c2cc3c4c(c2Oc2c1cc1c5c2CCCN5CCC1)CCC[N+]=4CCC3.CCCCCCCCCCCCCCCCOC(=O)c1ccccc1-c1c2ccc(=[NH2+])cc-2oc2cc(N)ccc12.N#CC1=c2cc3c4c(c2Oc2c1cc1c5c2CCCN5CCC1)CCC[N+]=4CCC3. The third kappa shape index (κ3) is 19.9. The molecule has 9 aromatic rings. The molecule has 143 heavy (non-hydrogen) atoms. The Labute approximate surface area is 835 Å².